The third kappa shape index (κ3) is 2.68. The standard InChI is InChI=1S/C11H22N2/c1-9(10-2-3-10)8-13-6-4-11(12)5-7-13/h9-11H,2-8,12H2,1H3. The Morgan fingerprint density at radius 3 is 2.38 bits per heavy atom. The average Bonchev–Trinajstić information content (AvgIpc) is 2.91. The Bertz CT molecular complexity index is 157. The van der Waals surface area contributed by atoms with Crippen molar-refractivity contribution < 1.29 is 0 Å². The van der Waals surface area contributed by atoms with Gasteiger partial charge in [-0.2, -0.15) is 0 Å². The minimum atomic E-state index is 0.479. The third-order valence-corrected chi connectivity index (χ3v) is 3.61. The topological polar surface area (TPSA) is 29.3 Å². The lowest BCUT2D eigenvalue weighted by Gasteiger charge is -2.32. The van der Waals surface area contributed by atoms with E-state index >= 15 is 0 Å². The predicted molar refractivity (Wildman–Crippen MR) is 55.5 cm³/mol. The molecule has 0 aromatic carbocycles. The normalized spacial score (nSPS) is 29.1. The molecule has 1 atom stereocenters. The molecule has 1 saturated heterocycles. The molecule has 1 heterocycles. The summed E-state index contributed by atoms with van der Waals surface area (Å²) >= 11 is 0. The van der Waals surface area contributed by atoms with Crippen LogP contribution in [0, 0.1) is 11.8 Å². The summed E-state index contributed by atoms with van der Waals surface area (Å²) in [5.74, 6) is 1.98. The summed E-state index contributed by atoms with van der Waals surface area (Å²) in [6, 6.07) is 0.479. The van der Waals surface area contributed by atoms with E-state index in [0.717, 1.165) is 11.8 Å². The molecule has 2 N–H and O–H groups in total. The van der Waals surface area contributed by atoms with Crippen molar-refractivity contribution in [3.8, 4) is 0 Å². The molecule has 0 spiro atoms. The lowest BCUT2D eigenvalue weighted by molar-refractivity contribution is 0.181. The monoisotopic (exact) mass is 182 g/mol. The Hall–Kier alpha value is -0.0800. The maximum atomic E-state index is 5.87. The highest BCUT2D eigenvalue weighted by Crippen LogP contribution is 2.37. The van der Waals surface area contributed by atoms with Gasteiger partial charge >= 0.3 is 0 Å². The highest BCUT2D eigenvalue weighted by atomic mass is 15.1. The van der Waals surface area contributed by atoms with Crippen molar-refractivity contribution in [1.29, 1.82) is 0 Å². The molecule has 0 amide bonds. The van der Waals surface area contributed by atoms with Crippen molar-refractivity contribution >= 4 is 0 Å². The molecule has 0 bridgehead atoms. The number of hydrogen-bond donors (Lipinski definition) is 1. The molecule has 1 unspecified atom stereocenters. The molecular formula is C11H22N2. The summed E-state index contributed by atoms with van der Waals surface area (Å²) in [4.78, 5) is 2.60. The van der Waals surface area contributed by atoms with Crippen molar-refractivity contribution in [1.82, 2.24) is 4.90 Å². The van der Waals surface area contributed by atoms with Crippen molar-refractivity contribution in [2.24, 2.45) is 17.6 Å². The van der Waals surface area contributed by atoms with E-state index < -0.39 is 0 Å². The SMILES string of the molecule is CC(CN1CCC(N)CC1)C1CC1. The van der Waals surface area contributed by atoms with Gasteiger partial charge in [0, 0.05) is 12.6 Å². The molecule has 1 aliphatic heterocycles. The predicted octanol–water partition coefficient (Wildman–Crippen LogP) is 1.46. The Labute approximate surface area is 81.5 Å². The van der Waals surface area contributed by atoms with Crippen LogP contribution in [0.5, 0.6) is 0 Å². The van der Waals surface area contributed by atoms with Gasteiger partial charge in [0.2, 0.25) is 0 Å². The van der Waals surface area contributed by atoms with Gasteiger partial charge in [0.15, 0.2) is 0 Å². The number of hydrogen-bond acceptors (Lipinski definition) is 2. The van der Waals surface area contributed by atoms with Crippen LogP contribution in [0.4, 0.5) is 0 Å². The van der Waals surface area contributed by atoms with Crippen molar-refractivity contribution in [3.05, 3.63) is 0 Å². The summed E-state index contributed by atoms with van der Waals surface area (Å²) in [5, 5.41) is 0. The van der Waals surface area contributed by atoms with Gasteiger partial charge in [-0.15, -0.1) is 0 Å². The van der Waals surface area contributed by atoms with Gasteiger partial charge in [-0.3, -0.25) is 0 Å². The summed E-state index contributed by atoms with van der Waals surface area (Å²) in [7, 11) is 0. The average molecular weight is 182 g/mol. The maximum Gasteiger partial charge on any atom is 0.00631 e. The minimum absolute atomic E-state index is 0.479. The number of likely N-dealkylation sites (tertiary alicyclic amines) is 1. The number of rotatable bonds is 3. The third-order valence-electron chi connectivity index (χ3n) is 3.61. The zero-order valence-electron chi connectivity index (χ0n) is 8.71. The van der Waals surface area contributed by atoms with Gasteiger partial charge in [0.25, 0.3) is 0 Å². The first-order chi connectivity index (χ1) is 6.25. The van der Waals surface area contributed by atoms with Gasteiger partial charge < -0.3 is 10.6 Å². The van der Waals surface area contributed by atoms with Crippen molar-refractivity contribution in [2.75, 3.05) is 19.6 Å². The molecule has 0 radical (unpaired) electrons. The van der Waals surface area contributed by atoms with Crippen LogP contribution in [0.2, 0.25) is 0 Å². The van der Waals surface area contributed by atoms with E-state index in [-0.39, 0.29) is 0 Å². The lowest BCUT2D eigenvalue weighted by Crippen LogP contribution is -2.41. The Kier molecular flexibility index (Phi) is 2.89. The minimum Gasteiger partial charge on any atom is -0.328 e. The lowest BCUT2D eigenvalue weighted by atomic mass is 10.0. The van der Waals surface area contributed by atoms with Crippen LogP contribution in [-0.2, 0) is 0 Å². The van der Waals surface area contributed by atoms with Crippen LogP contribution in [0.3, 0.4) is 0 Å². The molecule has 2 fully saturated rings. The van der Waals surface area contributed by atoms with E-state index in [0.29, 0.717) is 6.04 Å². The van der Waals surface area contributed by atoms with Gasteiger partial charge in [-0.25, -0.2) is 0 Å². The fourth-order valence-electron chi connectivity index (χ4n) is 2.36. The van der Waals surface area contributed by atoms with Gasteiger partial charge in [-0.1, -0.05) is 6.92 Å². The Morgan fingerprint density at radius 2 is 1.85 bits per heavy atom. The van der Waals surface area contributed by atoms with Crippen LogP contribution in [0.25, 0.3) is 0 Å². The van der Waals surface area contributed by atoms with E-state index in [9.17, 15) is 0 Å². The molecule has 2 heteroatoms. The van der Waals surface area contributed by atoms with Crippen LogP contribution in [-0.4, -0.2) is 30.6 Å². The number of nitrogens with two attached hydrogens (primary N) is 1. The van der Waals surface area contributed by atoms with Gasteiger partial charge in [-0.05, 0) is 50.6 Å². The smallest absolute Gasteiger partial charge is 0.00631 e. The maximum absolute atomic E-state index is 5.87. The Balaban J connectivity index is 1.69. The first-order valence-corrected chi connectivity index (χ1v) is 5.73. The zero-order chi connectivity index (χ0) is 9.26. The number of piperidine rings is 1. The Morgan fingerprint density at radius 1 is 1.23 bits per heavy atom. The fourth-order valence-corrected chi connectivity index (χ4v) is 2.36. The van der Waals surface area contributed by atoms with Crippen molar-refractivity contribution in [3.63, 3.8) is 0 Å². The van der Waals surface area contributed by atoms with E-state index in [2.05, 4.69) is 11.8 Å². The molecule has 1 saturated carbocycles. The second-order valence-corrected chi connectivity index (χ2v) is 4.95. The highest BCUT2D eigenvalue weighted by molar-refractivity contribution is 4.82. The summed E-state index contributed by atoms with van der Waals surface area (Å²) < 4.78 is 0. The second kappa shape index (κ2) is 3.97. The van der Waals surface area contributed by atoms with Gasteiger partial charge in [0.1, 0.15) is 0 Å². The van der Waals surface area contributed by atoms with Gasteiger partial charge in [0.05, 0.1) is 0 Å². The quantitative estimate of drug-likeness (QED) is 0.716. The second-order valence-electron chi connectivity index (χ2n) is 4.95. The molecule has 2 aliphatic rings. The number of nitrogens with zero attached hydrogens (tertiary/aromatic N) is 1. The fraction of sp³-hybridized carbons (Fsp3) is 1.00. The molecule has 2 nitrogen and oxygen atoms in total. The molecule has 76 valence electrons. The molecule has 2 rings (SSSR count). The largest absolute Gasteiger partial charge is 0.328 e. The zero-order valence-corrected chi connectivity index (χ0v) is 8.71. The molecule has 0 aromatic rings. The van der Waals surface area contributed by atoms with E-state index in [1.54, 1.807) is 0 Å². The van der Waals surface area contributed by atoms with E-state index in [1.807, 2.05) is 0 Å². The van der Waals surface area contributed by atoms with Crippen molar-refractivity contribution in [2.45, 2.75) is 38.6 Å². The summed E-state index contributed by atoms with van der Waals surface area (Å²) in [5.41, 5.74) is 5.87. The molecule has 0 aromatic heterocycles. The molecule has 13 heavy (non-hydrogen) atoms. The first-order valence-electron chi connectivity index (χ1n) is 5.73. The van der Waals surface area contributed by atoms with Crippen LogP contribution >= 0.6 is 0 Å². The van der Waals surface area contributed by atoms with E-state index in [1.165, 1.54) is 45.3 Å². The molecular weight excluding hydrogens is 160 g/mol. The van der Waals surface area contributed by atoms with Crippen LogP contribution < -0.4 is 5.73 Å². The first kappa shape index (κ1) is 9.47. The molecule has 1 aliphatic carbocycles. The van der Waals surface area contributed by atoms with Crippen LogP contribution in [0.15, 0.2) is 0 Å². The summed E-state index contributed by atoms with van der Waals surface area (Å²) in [6.07, 6.45) is 5.37. The highest BCUT2D eigenvalue weighted by Gasteiger charge is 2.29. The van der Waals surface area contributed by atoms with Crippen LogP contribution in [0.1, 0.15) is 32.6 Å². The summed E-state index contributed by atoms with van der Waals surface area (Å²) in [6.45, 7) is 6.19. The van der Waals surface area contributed by atoms with E-state index in [4.69, 9.17) is 5.73 Å².